The first-order chi connectivity index (χ1) is 2.00. The van der Waals surface area contributed by atoms with E-state index in [-0.39, 0.29) is 0 Å². The first-order valence-corrected chi connectivity index (χ1v) is 13.4. The molecule has 0 atom stereocenters. The predicted octanol–water partition coefficient (Wildman–Crippen LogP) is -4.52. The van der Waals surface area contributed by atoms with Crippen LogP contribution in [-0.2, 0) is 0 Å². The molecule has 0 saturated heterocycles. The van der Waals surface area contributed by atoms with Crippen LogP contribution in [-0.4, -0.2) is 90.1 Å². The molecule has 0 nitrogen and oxygen atoms in total. The fourth-order valence-electron chi connectivity index (χ4n) is 0. The summed E-state index contributed by atoms with van der Waals surface area (Å²) in [6.45, 7) is 0. The molecule has 32 valence electrons. The normalized spacial score (nSPS) is 24.0. The zero-order chi connectivity index (χ0) is 4.50. The Morgan fingerprint density at radius 2 is 0.800 bits per heavy atom. The molecule has 0 spiro atoms. The van der Waals surface area contributed by atoms with Crippen LogP contribution in [0, 0.1) is 0 Å². The molecule has 4 heteroatoms. The molecule has 0 aliphatic heterocycles. The molecule has 0 aromatic heterocycles. The fourth-order valence-corrected chi connectivity index (χ4v) is 0. The number of rotatable bonds is 0. The van der Waals surface area contributed by atoms with E-state index in [1.54, 1.807) is 0 Å². The van der Waals surface area contributed by atoms with Crippen LogP contribution in [0.25, 0.3) is 0 Å². The van der Waals surface area contributed by atoms with Gasteiger partial charge in [0.15, 0.2) is 0 Å². The van der Waals surface area contributed by atoms with E-state index < -0.39 is 0 Å². The van der Waals surface area contributed by atoms with Gasteiger partial charge in [0.1, 0.15) is 0 Å². The molecular weight excluding hydrogens is 487 g/mol. The Morgan fingerprint density at radius 3 is 0.800 bits per heavy atom. The SMILES string of the molecule is [SnH3][C]([SnH3])([SnH3])[SnH3]. The van der Waals surface area contributed by atoms with Gasteiger partial charge < -0.3 is 0 Å². The first-order valence-electron chi connectivity index (χ1n) is 2.00. The molecule has 0 saturated carbocycles. The minimum absolute atomic E-state index is 1.14. The average Bonchev–Trinajstić information content (AvgIpc) is 0.722. The van der Waals surface area contributed by atoms with Gasteiger partial charge >= 0.3 is 87.6 Å². The Balaban J connectivity index is 3.02. The monoisotopic (exact) mass is 504 g/mol. The molecule has 0 unspecified atom stereocenters. The van der Waals surface area contributed by atoms with Crippen molar-refractivity contribution in [2.75, 3.05) is 0 Å². The second kappa shape index (κ2) is 3.27. The Labute approximate surface area is 85.6 Å². The standard InChI is InChI=1S/C.4Sn.12H. The molecule has 0 heterocycles. The third-order valence-electron chi connectivity index (χ3n) is 0. The van der Waals surface area contributed by atoms with Crippen molar-refractivity contribution in [2.24, 2.45) is 0 Å². The second-order valence-corrected chi connectivity index (χ2v) is 135. The van der Waals surface area contributed by atoms with E-state index in [0.29, 0.717) is 0 Å². The van der Waals surface area contributed by atoms with Crippen LogP contribution in [0.2, 0.25) is -2.52 Å². The van der Waals surface area contributed by atoms with Gasteiger partial charge in [-0.15, -0.1) is 0 Å². The van der Waals surface area contributed by atoms with Crippen LogP contribution in [0.5, 0.6) is 0 Å². The van der Waals surface area contributed by atoms with Crippen molar-refractivity contribution in [3.63, 3.8) is 0 Å². The van der Waals surface area contributed by atoms with E-state index >= 15 is 0 Å². The van der Waals surface area contributed by atoms with Gasteiger partial charge in [0, 0.05) is 0 Å². The molecule has 5 heavy (non-hydrogen) atoms. The fraction of sp³-hybridized carbons (Fsp3) is 1.00. The molecule has 0 fully saturated rings. The molecule has 0 amide bonds. The molecular formula is CH12Sn4. The molecule has 0 aliphatic carbocycles. The molecule has 0 aliphatic rings. The Bertz CT molecular complexity index is 19.1. The van der Waals surface area contributed by atoms with Gasteiger partial charge in [0.05, 0.1) is 0 Å². The van der Waals surface area contributed by atoms with Gasteiger partial charge in [0.2, 0.25) is 0 Å². The van der Waals surface area contributed by atoms with E-state index in [0.717, 1.165) is 90.1 Å². The summed E-state index contributed by atoms with van der Waals surface area (Å²) in [6.07, 6.45) is 0. The summed E-state index contributed by atoms with van der Waals surface area (Å²) in [4.78, 5) is 0. The van der Waals surface area contributed by atoms with Crippen molar-refractivity contribution in [1.82, 2.24) is 0 Å². The molecule has 0 rings (SSSR count). The first kappa shape index (κ1) is 8.19. The van der Waals surface area contributed by atoms with Gasteiger partial charge in [0.25, 0.3) is 0 Å². The van der Waals surface area contributed by atoms with Gasteiger partial charge in [-0.25, -0.2) is 0 Å². The quantitative estimate of drug-likeness (QED) is 0.295. The summed E-state index contributed by atoms with van der Waals surface area (Å²) >= 11 is 4.55. The van der Waals surface area contributed by atoms with Gasteiger partial charge in [-0.05, 0) is 0 Å². The Hall–Kier alpha value is 3.19. The van der Waals surface area contributed by atoms with Crippen molar-refractivity contribution in [3.05, 3.63) is 0 Å². The zero-order valence-electron chi connectivity index (χ0n) is 4.50. The van der Waals surface area contributed by atoms with E-state index in [2.05, 4.69) is 0 Å². The molecule has 0 aromatic rings. The molecule has 0 N–H and O–H groups in total. The zero-order valence-corrected chi connectivity index (χ0v) is 27.3. The third-order valence-corrected chi connectivity index (χ3v) is 0. The second-order valence-electron chi connectivity index (χ2n) is 3.00. The van der Waals surface area contributed by atoms with Crippen molar-refractivity contribution in [1.29, 1.82) is 0 Å². The predicted molar refractivity (Wildman–Crippen MR) is 42.4 cm³/mol. The molecule has 0 radical (unpaired) electrons. The van der Waals surface area contributed by atoms with Crippen molar-refractivity contribution in [3.8, 4) is 0 Å². The van der Waals surface area contributed by atoms with Crippen LogP contribution >= 0.6 is 0 Å². The summed E-state index contributed by atoms with van der Waals surface area (Å²) in [5, 5.41) is 0. The maximum atomic E-state index is 1.34. The van der Waals surface area contributed by atoms with Gasteiger partial charge in [-0.3, -0.25) is 0 Å². The van der Waals surface area contributed by atoms with Gasteiger partial charge in [-0.2, -0.15) is 0 Å². The van der Waals surface area contributed by atoms with Crippen LogP contribution in [0.15, 0.2) is 0 Å². The molecule has 0 bridgehead atoms. The third kappa shape index (κ3) is 19.0. The van der Waals surface area contributed by atoms with E-state index in [4.69, 9.17) is 0 Å². The summed E-state index contributed by atoms with van der Waals surface area (Å²) < 4.78 is 1.34. The summed E-state index contributed by atoms with van der Waals surface area (Å²) in [5.41, 5.74) is 0. The van der Waals surface area contributed by atoms with Crippen LogP contribution in [0.3, 0.4) is 0 Å². The Morgan fingerprint density at radius 1 is 0.800 bits per heavy atom. The van der Waals surface area contributed by atoms with Crippen LogP contribution < -0.4 is 0 Å². The van der Waals surface area contributed by atoms with E-state index in [9.17, 15) is 0 Å². The average molecular weight is 499 g/mol. The summed E-state index contributed by atoms with van der Waals surface area (Å²) in [6, 6.07) is 0. The van der Waals surface area contributed by atoms with Crippen LogP contribution in [0.1, 0.15) is 0 Å². The Kier molecular flexibility index (Phi) is 5.35. The van der Waals surface area contributed by atoms with Crippen molar-refractivity contribution >= 4 is 90.1 Å². The maximum absolute atomic E-state index is 1.34. The van der Waals surface area contributed by atoms with Crippen molar-refractivity contribution in [2.45, 2.75) is -2.52 Å². The van der Waals surface area contributed by atoms with Crippen LogP contribution in [0.4, 0.5) is 0 Å². The van der Waals surface area contributed by atoms with E-state index in [1.807, 2.05) is 0 Å². The minimum atomic E-state index is 1.14. The van der Waals surface area contributed by atoms with E-state index in [1.165, 1.54) is -2.52 Å². The summed E-state index contributed by atoms with van der Waals surface area (Å²) in [7, 11) is 0. The summed E-state index contributed by atoms with van der Waals surface area (Å²) in [5.74, 6) is 0. The number of hydrogen-bond acceptors (Lipinski definition) is 0. The van der Waals surface area contributed by atoms with Crippen molar-refractivity contribution < 1.29 is 0 Å². The topological polar surface area (TPSA) is 0 Å². The van der Waals surface area contributed by atoms with Gasteiger partial charge in [-0.1, -0.05) is 0 Å². The molecule has 0 aromatic carbocycles. The number of hydrogen-bond donors (Lipinski definition) is 0.